The van der Waals surface area contributed by atoms with E-state index in [0.29, 0.717) is 26.1 Å². The Morgan fingerprint density at radius 3 is 2.36 bits per heavy atom. The predicted octanol–water partition coefficient (Wildman–Crippen LogP) is 1.61. The van der Waals surface area contributed by atoms with Crippen LogP contribution >= 0.6 is 0 Å². The summed E-state index contributed by atoms with van der Waals surface area (Å²) in [5.74, 6) is 0.710. The highest BCUT2D eigenvalue weighted by molar-refractivity contribution is 7.90. The molecule has 154 valence electrons. The van der Waals surface area contributed by atoms with Gasteiger partial charge in [-0.2, -0.15) is 0 Å². The molecule has 1 aromatic rings. The van der Waals surface area contributed by atoms with Crippen LogP contribution in [0, 0.1) is 0 Å². The van der Waals surface area contributed by atoms with Crippen molar-refractivity contribution in [3.8, 4) is 5.75 Å². The molecule has 0 unspecified atom stereocenters. The van der Waals surface area contributed by atoms with Crippen molar-refractivity contribution >= 4 is 21.7 Å². The number of rotatable bonds is 6. The molecule has 3 rings (SSSR count). The molecule has 2 aliphatic heterocycles. The Morgan fingerprint density at radius 1 is 1.14 bits per heavy atom. The third-order valence-electron chi connectivity index (χ3n) is 5.91. The molecule has 1 spiro atoms. The Hall–Kier alpha value is -2.09. The molecule has 28 heavy (non-hydrogen) atoms. The van der Waals surface area contributed by atoms with Crippen LogP contribution in [0.25, 0.3) is 0 Å². The number of hydrogen-bond acceptors (Lipinski definition) is 5. The van der Waals surface area contributed by atoms with Crippen LogP contribution < -0.4 is 4.74 Å². The summed E-state index contributed by atoms with van der Waals surface area (Å²) in [4.78, 5) is 28.6. The van der Waals surface area contributed by atoms with E-state index in [-0.39, 0.29) is 29.5 Å². The summed E-state index contributed by atoms with van der Waals surface area (Å²) < 4.78 is 27.8. The minimum Gasteiger partial charge on any atom is -0.497 e. The second kappa shape index (κ2) is 8.11. The van der Waals surface area contributed by atoms with E-state index in [0.717, 1.165) is 36.8 Å². The smallest absolute Gasteiger partial charge is 0.223 e. The van der Waals surface area contributed by atoms with Gasteiger partial charge in [-0.25, -0.2) is 8.42 Å². The number of sulfone groups is 1. The maximum absolute atomic E-state index is 12.6. The second-order valence-corrected chi connectivity index (χ2v) is 10.1. The highest BCUT2D eigenvalue weighted by Gasteiger charge is 2.47. The second-order valence-electron chi connectivity index (χ2n) is 7.81. The number of piperidine rings is 1. The standard InChI is InChI=1S/C20H28N2O5S/c1-27-17-5-3-16(4-6-17)15-22-19(24)7-9-20(22)10-12-21(13-11-20)18(23)8-14-28(2,25)26/h3-6H,7-15H2,1-2H3. The van der Waals surface area contributed by atoms with Gasteiger partial charge in [0, 0.05) is 44.3 Å². The molecular formula is C20H28N2O5S. The molecular weight excluding hydrogens is 380 g/mol. The summed E-state index contributed by atoms with van der Waals surface area (Å²) in [6.07, 6.45) is 4.00. The van der Waals surface area contributed by atoms with Gasteiger partial charge in [0.25, 0.3) is 0 Å². The van der Waals surface area contributed by atoms with E-state index in [9.17, 15) is 18.0 Å². The maximum atomic E-state index is 12.6. The first-order chi connectivity index (χ1) is 13.2. The fourth-order valence-electron chi connectivity index (χ4n) is 4.17. The van der Waals surface area contributed by atoms with Gasteiger partial charge in [-0.3, -0.25) is 9.59 Å². The number of ether oxygens (including phenoxy) is 1. The third kappa shape index (κ3) is 4.66. The molecule has 2 heterocycles. The summed E-state index contributed by atoms with van der Waals surface area (Å²) >= 11 is 0. The Bertz CT molecular complexity index is 827. The van der Waals surface area contributed by atoms with E-state index in [4.69, 9.17) is 4.74 Å². The molecule has 0 radical (unpaired) electrons. The summed E-state index contributed by atoms with van der Waals surface area (Å²) in [6, 6.07) is 7.74. The van der Waals surface area contributed by atoms with E-state index in [1.165, 1.54) is 0 Å². The molecule has 1 aromatic carbocycles. The summed E-state index contributed by atoms with van der Waals surface area (Å²) in [5, 5.41) is 0. The SMILES string of the molecule is COc1ccc(CN2C(=O)CCC23CCN(C(=O)CCS(C)(=O)=O)CC3)cc1. The summed E-state index contributed by atoms with van der Waals surface area (Å²) in [6.45, 7) is 1.69. The molecule has 0 aliphatic carbocycles. The lowest BCUT2D eigenvalue weighted by Gasteiger charge is -2.45. The molecule has 2 aliphatic rings. The molecule has 2 fully saturated rings. The molecule has 2 amide bonds. The van der Waals surface area contributed by atoms with Gasteiger partial charge >= 0.3 is 0 Å². The average Bonchev–Trinajstić information content (AvgIpc) is 2.96. The minimum absolute atomic E-state index is 0.0281. The molecule has 0 atom stereocenters. The molecule has 7 nitrogen and oxygen atoms in total. The van der Waals surface area contributed by atoms with E-state index in [2.05, 4.69) is 0 Å². The number of carbonyl (C=O) groups is 2. The zero-order valence-corrected chi connectivity index (χ0v) is 17.3. The lowest BCUT2D eigenvalue weighted by Crippen LogP contribution is -2.53. The zero-order chi connectivity index (χ0) is 20.4. The van der Waals surface area contributed by atoms with Crippen molar-refractivity contribution in [1.82, 2.24) is 9.80 Å². The molecule has 0 aromatic heterocycles. The Labute approximate surface area is 166 Å². The molecule has 2 saturated heterocycles. The molecule has 8 heteroatoms. The minimum atomic E-state index is -3.15. The number of hydrogen-bond donors (Lipinski definition) is 0. The quantitative estimate of drug-likeness (QED) is 0.714. The average molecular weight is 409 g/mol. The van der Waals surface area contributed by atoms with Gasteiger partial charge in [-0.15, -0.1) is 0 Å². The number of methoxy groups -OCH3 is 1. The third-order valence-corrected chi connectivity index (χ3v) is 6.86. The lowest BCUT2D eigenvalue weighted by atomic mass is 9.84. The normalized spacial score (nSPS) is 19.3. The van der Waals surface area contributed by atoms with E-state index < -0.39 is 9.84 Å². The van der Waals surface area contributed by atoms with Crippen molar-refractivity contribution in [3.05, 3.63) is 29.8 Å². The largest absolute Gasteiger partial charge is 0.497 e. The van der Waals surface area contributed by atoms with E-state index in [1.807, 2.05) is 29.2 Å². The van der Waals surface area contributed by atoms with Crippen LogP contribution in [0.15, 0.2) is 24.3 Å². The summed E-state index contributed by atoms with van der Waals surface area (Å²) in [7, 11) is -1.52. The Balaban J connectivity index is 1.63. The van der Waals surface area contributed by atoms with Crippen LogP contribution in [0.3, 0.4) is 0 Å². The number of likely N-dealkylation sites (tertiary alicyclic amines) is 2. The van der Waals surface area contributed by atoms with Crippen molar-refractivity contribution in [2.45, 2.75) is 44.2 Å². The Kier molecular flexibility index (Phi) is 5.98. The molecule has 0 saturated carbocycles. The first kappa shape index (κ1) is 20.6. The van der Waals surface area contributed by atoms with Crippen LogP contribution in [0.2, 0.25) is 0 Å². The first-order valence-corrected chi connectivity index (χ1v) is 11.7. The summed E-state index contributed by atoms with van der Waals surface area (Å²) in [5.41, 5.74) is 0.854. The number of nitrogens with zero attached hydrogens (tertiary/aromatic N) is 2. The van der Waals surface area contributed by atoms with Crippen LogP contribution in [0.5, 0.6) is 5.75 Å². The van der Waals surface area contributed by atoms with Gasteiger partial charge < -0.3 is 14.5 Å². The van der Waals surface area contributed by atoms with Crippen molar-refractivity contribution in [1.29, 1.82) is 0 Å². The van der Waals surface area contributed by atoms with Gasteiger partial charge in [-0.1, -0.05) is 12.1 Å². The first-order valence-electron chi connectivity index (χ1n) is 9.61. The molecule has 0 N–H and O–H groups in total. The fourth-order valence-corrected chi connectivity index (χ4v) is 4.71. The van der Waals surface area contributed by atoms with E-state index in [1.54, 1.807) is 12.0 Å². The van der Waals surface area contributed by atoms with Crippen LogP contribution in [-0.2, 0) is 26.0 Å². The van der Waals surface area contributed by atoms with E-state index >= 15 is 0 Å². The van der Waals surface area contributed by atoms with Crippen LogP contribution in [0.1, 0.15) is 37.7 Å². The molecule has 0 bridgehead atoms. The van der Waals surface area contributed by atoms with Gasteiger partial charge in [-0.05, 0) is 37.0 Å². The van der Waals surface area contributed by atoms with Gasteiger partial charge in [0.1, 0.15) is 15.6 Å². The zero-order valence-electron chi connectivity index (χ0n) is 16.5. The maximum Gasteiger partial charge on any atom is 0.223 e. The van der Waals surface area contributed by atoms with Gasteiger partial charge in [0.05, 0.1) is 12.9 Å². The van der Waals surface area contributed by atoms with Crippen molar-refractivity contribution in [2.75, 3.05) is 32.2 Å². The fraction of sp³-hybridized carbons (Fsp3) is 0.600. The topological polar surface area (TPSA) is 84.0 Å². The number of carbonyl (C=O) groups excluding carboxylic acids is 2. The van der Waals surface area contributed by atoms with Crippen LogP contribution in [0.4, 0.5) is 0 Å². The highest BCUT2D eigenvalue weighted by atomic mass is 32.2. The highest BCUT2D eigenvalue weighted by Crippen LogP contribution is 2.40. The van der Waals surface area contributed by atoms with Crippen molar-refractivity contribution in [2.24, 2.45) is 0 Å². The van der Waals surface area contributed by atoms with Gasteiger partial charge in [0.15, 0.2) is 0 Å². The van der Waals surface area contributed by atoms with Crippen LogP contribution in [-0.4, -0.2) is 67.8 Å². The Morgan fingerprint density at radius 2 is 1.79 bits per heavy atom. The number of amides is 2. The predicted molar refractivity (Wildman–Crippen MR) is 106 cm³/mol. The number of benzene rings is 1. The lowest BCUT2D eigenvalue weighted by molar-refractivity contribution is -0.136. The monoisotopic (exact) mass is 408 g/mol. The van der Waals surface area contributed by atoms with Crippen molar-refractivity contribution in [3.63, 3.8) is 0 Å². The van der Waals surface area contributed by atoms with Crippen molar-refractivity contribution < 1.29 is 22.7 Å². The van der Waals surface area contributed by atoms with Gasteiger partial charge in [0.2, 0.25) is 11.8 Å².